The molecule has 0 unspecified atom stereocenters. The second-order valence-corrected chi connectivity index (χ2v) is 9.94. The molecule has 0 spiro atoms. The average molecular weight is 458 g/mol. The molecule has 1 aromatic carbocycles. The number of ether oxygens (including phenoxy) is 1. The molecule has 1 aromatic heterocycles. The summed E-state index contributed by atoms with van der Waals surface area (Å²) in [5.41, 5.74) is 2.77. The number of carbonyl (C=O) groups is 1. The number of cyclic esters (lactones) is 1. The Hall–Kier alpha value is -2.27. The van der Waals surface area contributed by atoms with Gasteiger partial charge in [0, 0.05) is 35.5 Å². The number of hydrogen-bond donors (Lipinski definition) is 0. The molecule has 2 aromatic rings. The molecular weight excluding hydrogens is 432 g/mol. The molecule has 168 valence electrons. The molecule has 0 amide bonds. The van der Waals surface area contributed by atoms with Gasteiger partial charge in [-0.3, -0.25) is 9.78 Å². The van der Waals surface area contributed by atoms with Gasteiger partial charge in [-0.15, -0.1) is 0 Å². The monoisotopic (exact) mass is 457 g/mol. The molecule has 6 heteroatoms. The van der Waals surface area contributed by atoms with Crippen LogP contribution in [-0.2, 0) is 9.53 Å². The highest BCUT2D eigenvalue weighted by molar-refractivity contribution is 6.30. The highest BCUT2D eigenvalue weighted by Gasteiger charge is 2.56. The first-order valence-electron chi connectivity index (χ1n) is 11.3. The molecule has 2 aliphatic carbocycles. The predicted octanol–water partition coefficient (Wildman–Crippen LogP) is 6.66. The van der Waals surface area contributed by atoms with Gasteiger partial charge in [0.1, 0.15) is 6.10 Å². The Bertz CT molecular complexity index is 1040. The molecule has 1 saturated heterocycles. The van der Waals surface area contributed by atoms with Gasteiger partial charge in [0.2, 0.25) is 5.92 Å². The molecule has 5 rings (SSSR count). The minimum absolute atomic E-state index is 0.0331. The van der Waals surface area contributed by atoms with Crippen molar-refractivity contribution in [2.75, 3.05) is 0 Å². The molecule has 0 bridgehead atoms. The number of esters is 1. The zero-order valence-corrected chi connectivity index (χ0v) is 18.6. The third-order valence-corrected chi connectivity index (χ3v) is 7.79. The Morgan fingerprint density at radius 1 is 1.22 bits per heavy atom. The minimum Gasteiger partial charge on any atom is -0.462 e. The number of halogens is 3. The molecule has 0 N–H and O–H groups in total. The van der Waals surface area contributed by atoms with Crippen molar-refractivity contribution in [3.63, 3.8) is 0 Å². The summed E-state index contributed by atoms with van der Waals surface area (Å²) in [6, 6.07) is 11.6. The van der Waals surface area contributed by atoms with E-state index in [9.17, 15) is 13.6 Å². The van der Waals surface area contributed by atoms with Crippen LogP contribution in [0.5, 0.6) is 0 Å². The fourth-order valence-corrected chi connectivity index (χ4v) is 6.31. The maximum absolute atomic E-state index is 14.1. The van der Waals surface area contributed by atoms with Crippen LogP contribution >= 0.6 is 11.6 Å². The van der Waals surface area contributed by atoms with E-state index in [4.69, 9.17) is 16.3 Å². The van der Waals surface area contributed by atoms with Crippen molar-refractivity contribution in [2.45, 2.75) is 44.6 Å². The van der Waals surface area contributed by atoms with Crippen molar-refractivity contribution in [3.8, 4) is 11.1 Å². The fourth-order valence-electron chi connectivity index (χ4n) is 6.12. The van der Waals surface area contributed by atoms with E-state index in [-0.39, 0.29) is 54.5 Å². The lowest BCUT2D eigenvalue weighted by atomic mass is 9.57. The number of carbonyl (C=O) groups excluding carboxylic acids is 1. The van der Waals surface area contributed by atoms with Crippen LogP contribution in [0.1, 0.15) is 38.3 Å². The number of pyridine rings is 1. The van der Waals surface area contributed by atoms with Crippen molar-refractivity contribution < 1.29 is 18.3 Å². The van der Waals surface area contributed by atoms with Crippen LogP contribution in [0.25, 0.3) is 17.2 Å². The van der Waals surface area contributed by atoms with Gasteiger partial charge in [-0.2, -0.15) is 0 Å². The molecule has 2 heterocycles. The molecule has 3 fully saturated rings. The Morgan fingerprint density at radius 3 is 2.81 bits per heavy atom. The summed E-state index contributed by atoms with van der Waals surface area (Å²) in [6.07, 6.45) is 6.48. The zero-order valence-electron chi connectivity index (χ0n) is 17.9. The fraction of sp³-hybridized carbons (Fsp3) is 0.462. The molecule has 6 atom stereocenters. The van der Waals surface area contributed by atoms with E-state index < -0.39 is 5.92 Å². The van der Waals surface area contributed by atoms with E-state index in [0.29, 0.717) is 17.9 Å². The first-order chi connectivity index (χ1) is 15.3. The third-order valence-electron chi connectivity index (χ3n) is 7.55. The molecule has 0 radical (unpaired) electrons. The van der Waals surface area contributed by atoms with Gasteiger partial charge >= 0.3 is 5.97 Å². The average Bonchev–Trinajstić information content (AvgIpc) is 3.04. The van der Waals surface area contributed by atoms with Crippen LogP contribution in [0.4, 0.5) is 8.78 Å². The van der Waals surface area contributed by atoms with Crippen molar-refractivity contribution in [1.29, 1.82) is 0 Å². The van der Waals surface area contributed by atoms with E-state index in [0.717, 1.165) is 16.8 Å². The van der Waals surface area contributed by atoms with Gasteiger partial charge in [-0.1, -0.05) is 35.9 Å². The van der Waals surface area contributed by atoms with Crippen molar-refractivity contribution >= 4 is 23.6 Å². The van der Waals surface area contributed by atoms with Crippen molar-refractivity contribution in [1.82, 2.24) is 4.98 Å². The standard InChI is InChI=1S/C26H26ClF2NO2/c1-15-24-22(21-9-10-26(28,29)13-18(21)12-23(24)25(31)32-15)8-7-20-6-5-17(14-30-20)16-3-2-4-19(27)11-16/h2-8,11,14-15,18,21-24H,9-10,12-13H2,1H3/b8-7+/t15-,18-,21-,22+,23-,24+/m1/s1. The summed E-state index contributed by atoms with van der Waals surface area (Å²) in [5, 5.41) is 0.674. The van der Waals surface area contributed by atoms with E-state index in [1.807, 2.05) is 55.6 Å². The lowest BCUT2D eigenvalue weighted by Crippen LogP contribution is -2.46. The summed E-state index contributed by atoms with van der Waals surface area (Å²) in [4.78, 5) is 17.0. The summed E-state index contributed by atoms with van der Waals surface area (Å²) in [5.74, 6) is -3.07. The second-order valence-electron chi connectivity index (χ2n) is 9.50. The van der Waals surface area contributed by atoms with Crippen LogP contribution in [0.3, 0.4) is 0 Å². The number of hydrogen-bond acceptors (Lipinski definition) is 3. The van der Waals surface area contributed by atoms with E-state index in [1.165, 1.54) is 0 Å². The van der Waals surface area contributed by atoms with E-state index in [2.05, 4.69) is 11.1 Å². The maximum atomic E-state index is 14.1. The number of nitrogens with zero attached hydrogens (tertiary/aromatic N) is 1. The van der Waals surface area contributed by atoms with Gasteiger partial charge in [-0.25, -0.2) is 8.78 Å². The van der Waals surface area contributed by atoms with Gasteiger partial charge in [0.05, 0.1) is 11.6 Å². The summed E-state index contributed by atoms with van der Waals surface area (Å²) in [7, 11) is 0. The number of fused-ring (bicyclic) bond motifs is 2. The van der Waals surface area contributed by atoms with Crippen LogP contribution in [0.15, 0.2) is 48.7 Å². The largest absolute Gasteiger partial charge is 0.462 e. The van der Waals surface area contributed by atoms with E-state index >= 15 is 0 Å². The summed E-state index contributed by atoms with van der Waals surface area (Å²) in [6.45, 7) is 1.93. The number of allylic oxidation sites excluding steroid dienone is 1. The Morgan fingerprint density at radius 2 is 2.06 bits per heavy atom. The number of benzene rings is 1. The quantitative estimate of drug-likeness (QED) is 0.483. The van der Waals surface area contributed by atoms with Gasteiger partial charge in [-0.05, 0) is 67.4 Å². The zero-order chi connectivity index (χ0) is 22.5. The van der Waals surface area contributed by atoms with Crippen molar-refractivity contribution in [2.24, 2.45) is 29.6 Å². The smallest absolute Gasteiger partial charge is 0.309 e. The van der Waals surface area contributed by atoms with Gasteiger partial charge in [0.15, 0.2) is 0 Å². The lowest BCUT2D eigenvalue weighted by Gasteiger charge is -2.47. The molecular formula is C26H26ClF2NO2. The van der Waals surface area contributed by atoms with Gasteiger partial charge < -0.3 is 4.74 Å². The molecule has 32 heavy (non-hydrogen) atoms. The number of alkyl halides is 2. The number of aromatic nitrogens is 1. The van der Waals surface area contributed by atoms with Crippen molar-refractivity contribution in [3.05, 3.63) is 59.4 Å². The highest BCUT2D eigenvalue weighted by Crippen LogP contribution is 2.56. The summed E-state index contributed by atoms with van der Waals surface area (Å²) >= 11 is 6.09. The molecule has 3 nitrogen and oxygen atoms in total. The van der Waals surface area contributed by atoms with E-state index in [1.54, 1.807) is 0 Å². The SMILES string of the molecule is C[C@H]1OC(=O)[C@@H]2C[C@@H]3CC(F)(F)CC[C@H]3[C@H](/C=C/c3ccc(-c4cccc(Cl)c4)cn3)[C@H]12. The van der Waals surface area contributed by atoms with Crippen LogP contribution in [0.2, 0.25) is 5.02 Å². The maximum Gasteiger partial charge on any atom is 0.309 e. The molecule has 3 aliphatic rings. The van der Waals surface area contributed by atoms with Crippen LogP contribution in [-0.4, -0.2) is 23.0 Å². The first-order valence-corrected chi connectivity index (χ1v) is 11.7. The molecule has 2 saturated carbocycles. The lowest BCUT2D eigenvalue weighted by molar-refractivity contribution is -0.145. The second kappa shape index (κ2) is 8.26. The molecule has 1 aliphatic heterocycles. The highest BCUT2D eigenvalue weighted by atomic mass is 35.5. The normalized spacial score (nSPS) is 33.6. The third kappa shape index (κ3) is 4.07. The Labute approximate surface area is 191 Å². The van der Waals surface area contributed by atoms with Crippen LogP contribution < -0.4 is 0 Å². The minimum atomic E-state index is -2.63. The first kappa shape index (κ1) is 21.6. The Kier molecular flexibility index (Phi) is 5.56. The predicted molar refractivity (Wildman–Crippen MR) is 120 cm³/mol. The Balaban J connectivity index is 1.40. The van der Waals surface area contributed by atoms with Gasteiger partial charge in [0.25, 0.3) is 0 Å². The summed E-state index contributed by atoms with van der Waals surface area (Å²) < 4.78 is 33.8. The number of rotatable bonds is 3. The topological polar surface area (TPSA) is 39.2 Å². The van der Waals surface area contributed by atoms with Crippen LogP contribution in [0, 0.1) is 29.6 Å².